The molecule has 3 N–H and O–H groups in total. The maximum atomic E-state index is 13.5. The molecule has 2 aromatic rings. The topological polar surface area (TPSA) is 50.9 Å². The summed E-state index contributed by atoms with van der Waals surface area (Å²) in [5.74, 6) is -0.483. The van der Waals surface area contributed by atoms with E-state index in [1.54, 1.807) is 25.4 Å². The highest BCUT2D eigenvalue weighted by atomic mass is 35.5. The number of nitrogens with two attached hydrogens (primary N) is 1. The molecule has 0 unspecified atom stereocenters. The van der Waals surface area contributed by atoms with Gasteiger partial charge in [-0.1, -0.05) is 35.3 Å². The van der Waals surface area contributed by atoms with E-state index in [1.165, 1.54) is 12.1 Å². The molecular weight excluding hydrogens is 300 g/mol. The number of aromatic nitrogens is 1. The van der Waals surface area contributed by atoms with E-state index >= 15 is 0 Å². The number of benzene rings is 1. The van der Waals surface area contributed by atoms with E-state index in [0.29, 0.717) is 10.7 Å². The van der Waals surface area contributed by atoms with E-state index in [4.69, 9.17) is 28.9 Å². The fourth-order valence-corrected chi connectivity index (χ4v) is 2.27. The van der Waals surface area contributed by atoms with Crippen molar-refractivity contribution in [3.63, 3.8) is 0 Å². The van der Waals surface area contributed by atoms with Gasteiger partial charge in [0.2, 0.25) is 0 Å². The zero-order valence-corrected chi connectivity index (χ0v) is 12.3. The lowest BCUT2D eigenvalue weighted by molar-refractivity contribution is 0.487. The van der Waals surface area contributed by atoms with Crippen molar-refractivity contribution in [2.45, 2.75) is 12.1 Å². The third-order valence-corrected chi connectivity index (χ3v) is 3.64. The Morgan fingerprint density at radius 1 is 1.20 bits per heavy atom. The highest BCUT2D eigenvalue weighted by molar-refractivity contribution is 6.30. The minimum absolute atomic E-state index is 0.0788. The number of rotatable bonds is 4. The second-order valence-corrected chi connectivity index (χ2v) is 5.17. The van der Waals surface area contributed by atoms with Crippen LogP contribution in [-0.4, -0.2) is 12.0 Å². The molecule has 0 aliphatic rings. The van der Waals surface area contributed by atoms with Crippen LogP contribution in [-0.2, 0) is 0 Å². The number of nitrogens with zero attached hydrogens (tertiary/aromatic N) is 1. The number of halogens is 3. The zero-order valence-electron chi connectivity index (χ0n) is 10.8. The molecular formula is C14H14Cl2FN3. The van der Waals surface area contributed by atoms with Crippen LogP contribution in [0, 0.1) is 5.82 Å². The molecule has 0 aliphatic heterocycles. The lowest BCUT2D eigenvalue weighted by atomic mass is 9.95. The molecule has 0 amide bonds. The van der Waals surface area contributed by atoms with Gasteiger partial charge in [0.15, 0.2) is 0 Å². The van der Waals surface area contributed by atoms with Gasteiger partial charge in [0.05, 0.1) is 11.1 Å². The Labute approximate surface area is 126 Å². The van der Waals surface area contributed by atoms with Crippen LogP contribution in [0.15, 0.2) is 36.5 Å². The first-order valence-corrected chi connectivity index (χ1v) is 6.77. The molecule has 0 fully saturated rings. The standard InChI is InChI=1S/C14H14Cl2FN3/c1-19-14(9-3-5-12(16)20-7-9)13(18)8-2-4-10(15)11(17)6-8/h2-7,13-14,19H,18H2,1H3/t13-,14+/m1/s1. The average Bonchev–Trinajstić information content (AvgIpc) is 2.44. The number of hydrogen-bond acceptors (Lipinski definition) is 3. The Balaban J connectivity index is 2.30. The molecule has 0 spiro atoms. The molecule has 0 saturated heterocycles. The fourth-order valence-electron chi connectivity index (χ4n) is 2.04. The smallest absolute Gasteiger partial charge is 0.142 e. The Kier molecular flexibility index (Phi) is 4.94. The predicted molar refractivity (Wildman–Crippen MR) is 79.4 cm³/mol. The molecule has 1 aromatic heterocycles. The molecule has 1 aromatic carbocycles. The first-order valence-electron chi connectivity index (χ1n) is 6.02. The van der Waals surface area contributed by atoms with Gasteiger partial charge >= 0.3 is 0 Å². The van der Waals surface area contributed by atoms with Gasteiger partial charge in [-0.25, -0.2) is 9.37 Å². The van der Waals surface area contributed by atoms with E-state index in [-0.39, 0.29) is 11.1 Å². The summed E-state index contributed by atoms with van der Waals surface area (Å²) in [5, 5.41) is 3.60. The van der Waals surface area contributed by atoms with Gasteiger partial charge in [0.1, 0.15) is 11.0 Å². The largest absolute Gasteiger partial charge is 0.322 e. The van der Waals surface area contributed by atoms with E-state index in [0.717, 1.165) is 5.56 Å². The number of hydrogen-bond donors (Lipinski definition) is 2. The Hall–Kier alpha value is -1.20. The maximum Gasteiger partial charge on any atom is 0.142 e. The van der Waals surface area contributed by atoms with Gasteiger partial charge < -0.3 is 11.1 Å². The highest BCUT2D eigenvalue weighted by Crippen LogP contribution is 2.28. The van der Waals surface area contributed by atoms with Crippen LogP contribution in [0.5, 0.6) is 0 Å². The van der Waals surface area contributed by atoms with Crippen LogP contribution in [0.2, 0.25) is 10.2 Å². The summed E-state index contributed by atoms with van der Waals surface area (Å²) in [5.41, 5.74) is 7.73. The van der Waals surface area contributed by atoms with Gasteiger partial charge in [-0.05, 0) is 36.4 Å². The van der Waals surface area contributed by atoms with Crippen molar-refractivity contribution in [1.82, 2.24) is 10.3 Å². The van der Waals surface area contributed by atoms with Crippen molar-refractivity contribution >= 4 is 23.2 Å². The highest BCUT2D eigenvalue weighted by Gasteiger charge is 2.21. The fraction of sp³-hybridized carbons (Fsp3) is 0.214. The molecule has 0 aliphatic carbocycles. The van der Waals surface area contributed by atoms with Crippen LogP contribution in [0.1, 0.15) is 23.2 Å². The summed E-state index contributed by atoms with van der Waals surface area (Å²) in [4.78, 5) is 4.03. The molecule has 20 heavy (non-hydrogen) atoms. The van der Waals surface area contributed by atoms with Crippen LogP contribution in [0.25, 0.3) is 0 Å². The summed E-state index contributed by atoms with van der Waals surface area (Å²) >= 11 is 11.4. The lowest BCUT2D eigenvalue weighted by Gasteiger charge is -2.24. The second kappa shape index (κ2) is 6.50. The minimum atomic E-state index is -0.483. The second-order valence-electron chi connectivity index (χ2n) is 4.38. The van der Waals surface area contributed by atoms with Gasteiger partial charge in [-0.2, -0.15) is 0 Å². The molecule has 2 rings (SSSR count). The van der Waals surface area contributed by atoms with Crippen molar-refractivity contribution in [3.05, 3.63) is 63.6 Å². The van der Waals surface area contributed by atoms with Crippen molar-refractivity contribution in [2.75, 3.05) is 7.05 Å². The van der Waals surface area contributed by atoms with E-state index in [9.17, 15) is 4.39 Å². The van der Waals surface area contributed by atoms with Crippen LogP contribution >= 0.6 is 23.2 Å². The Bertz CT molecular complexity index is 589. The normalized spacial score (nSPS) is 14.1. The third kappa shape index (κ3) is 3.27. The average molecular weight is 314 g/mol. The van der Waals surface area contributed by atoms with Gasteiger partial charge in [-0.3, -0.25) is 0 Å². The van der Waals surface area contributed by atoms with Crippen LogP contribution < -0.4 is 11.1 Å². The lowest BCUT2D eigenvalue weighted by Crippen LogP contribution is -2.29. The molecule has 2 atom stereocenters. The molecule has 1 heterocycles. The quantitative estimate of drug-likeness (QED) is 0.850. The van der Waals surface area contributed by atoms with Gasteiger partial charge in [-0.15, -0.1) is 0 Å². The first kappa shape index (κ1) is 15.2. The summed E-state index contributed by atoms with van der Waals surface area (Å²) in [7, 11) is 1.78. The third-order valence-electron chi connectivity index (χ3n) is 3.11. The van der Waals surface area contributed by atoms with Crippen molar-refractivity contribution in [1.29, 1.82) is 0 Å². The summed E-state index contributed by atoms with van der Waals surface area (Å²) in [6, 6.07) is 7.44. The SMILES string of the molecule is CN[C@@H](c1ccc(Cl)nc1)[C@H](N)c1ccc(Cl)c(F)c1. The maximum absolute atomic E-state index is 13.5. The minimum Gasteiger partial charge on any atom is -0.322 e. The Morgan fingerprint density at radius 2 is 1.90 bits per heavy atom. The van der Waals surface area contributed by atoms with Crippen molar-refractivity contribution < 1.29 is 4.39 Å². The predicted octanol–water partition coefficient (Wildman–Crippen LogP) is 3.49. The number of pyridine rings is 1. The number of nitrogens with one attached hydrogen (secondary N) is 1. The molecule has 0 bridgehead atoms. The summed E-state index contributed by atoms with van der Waals surface area (Å²) < 4.78 is 13.5. The van der Waals surface area contributed by atoms with E-state index < -0.39 is 11.9 Å². The van der Waals surface area contributed by atoms with E-state index in [1.807, 2.05) is 6.07 Å². The summed E-state index contributed by atoms with van der Waals surface area (Å²) in [6.45, 7) is 0. The summed E-state index contributed by atoms with van der Waals surface area (Å²) in [6.07, 6.45) is 1.65. The van der Waals surface area contributed by atoms with Crippen LogP contribution in [0.4, 0.5) is 4.39 Å². The van der Waals surface area contributed by atoms with Crippen molar-refractivity contribution in [3.8, 4) is 0 Å². The van der Waals surface area contributed by atoms with Crippen LogP contribution in [0.3, 0.4) is 0 Å². The first-order chi connectivity index (χ1) is 9.52. The molecule has 0 saturated carbocycles. The van der Waals surface area contributed by atoms with Crippen molar-refractivity contribution in [2.24, 2.45) is 5.73 Å². The number of likely N-dealkylation sites (N-methyl/N-ethyl adjacent to an activating group) is 1. The molecule has 3 nitrogen and oxygen atoms in total. The molecule has 6 heteroatoms. The molecule has 0 radical (unpaired) electrons. The monoisotopic (exact) mass is 313 g/mol. The molecule has 106 valence electrons. The Morgan fingerprint density at radius 3 is 2.45 bits per heavy atom. The van der Waals surface area contributed by atoms with Gasteiger partial charge in [0.25, 0.3) is 0 Å². The van der Waals surface area contributed by atoms with Gasteiger partial charge in [0, 0.05) is 12.2 Å². The van der Waals surface area contributed by atoms with E-state index in [2.05, 4.69) is 10.3 Å². The zero-order chi connectivity index (χ0) is 14.7.